The van der Waals surface area contributed by atoms with Gasteiger partial charge in [0.2, 0.25) is 0 Å². The van der Waals surface area contributed by atoms with Gasteiger partial charge in [-0.15, -0.1) is 0 Å². The SMILES string of the molecule is CCCOCCNCCCCOC(C)C. The number of hydrogen-bond acceptors (Lipinski definition) is 3. The molecule has 0 atom stereocenters. The Morgan fingerprint density at radius 2 is 1.80 bits per heavy atom. The third-order valence-electron chi connectivity index (χ3n) is 1.97. The van der Waals surface area contributed by atoms with Crippen molar-refractivity contribution in [1.29, 1.82) is 0 Å². The second-order valence-electron chi connectivity index (χ2n) is 3.99. The van der Waals surface area contributed by atoms with Crippen molar-refractivity contribution in [2.75, 3.05) is 32.9 Å². The van der Waals surface area contributed by atoms with E-state index in [2.05, 4.69) is 26.1 Å². The molecule has 0 radical (unpaired) electrons. The normalized spacial score (nSPS) is 11.2. The highest BCUT2D eigenvalue weighted by Gasteiger charge is 1.93. The zero-order valence-electron chi connectivity index (χ0n) is 10.6. The van der Waals surface area contributed by atoms with E-state index in [0.29, 0.717) is 6.10 Å². The molecule has 0 aromatic carbocycles. The van der Waals surface area contributed by atoms with Gasteiger partial charge < -0.3 is 14.8 Å². The first-order valence-electron chi connectivity index (χ1n) is 6.17. The Bertz CT molecular complexity index is 118. The van der Waals surface area contributed by atoms with Gasteiger partial charge in [0.1, 0.15) is 0 Å². The van der Waals surface area contributed by atoms with Crippen molar-refractivity contribution in [3.8, 4) is 0 Å². The van der Waals surface area contributed by atoms with Gasteiger partial charge in [0, 0.05) is 19.8 Å². The van der Waals surface area contributed by atoms with Crippen molar-refractivity contribution in [3.05, 3.63) is 0 Å². The molecule has 0 unspecified atom stereocenters. The summed E-state index contributed by atoms with van der Waals surface area (Å²) >= 11 is 0. The molecular formula is C12H27NO2. The fraction of sp³-hybridized carbons (Fsp3) is 1.00. The van der Waals surface area contributed by atoms with E-state index in [-0.39, 0.29) is 0 Å². The van der Waals surface area contributed by atoms with Crippen LogP contribution in [0.3, 0.4) is 0 Å². The lowest BCUT2D eigenvalue weighted by Crippen LogP contribution is -2.21. The maximum absolute atomic E-state index is 5.45. The zero-order chi connectivity index (χ0) is 11.4. The Morgan fingerprint density at radius 1 is 1.00 bits per heavy atom. The lowest BCUT2D eigenvalue weighted by atomic mass is 10.3. The van der Waals surface area contributed by atoms with Gasteiger partial charge in [-0.2, -0.15) is 0 Å². The molecule has 92 valence electrons. The number of unbranched alkanes of at least 4 members (excludes halogenated alkanes) is 1. The predicted octanol–water partition coefficient (Wildman–Crippen LogP) is 2.21. The van der Waals surface area contributed by atoms with Gasteiger partial charge >= 0.3 is 0 Å². The van der Waals surface area contributed by atoms with Gasteiger partial charge in [0.05, 0.1) is 12.7 Å². The van der Waals surface area contributed by atoms with E-state index < -0.39 is 0 Å². The van der Waals surface area contributed by atoms with E-state index in [1.165, 1.54) is 6.42 Å². The average Bonchev–Trinajstić information content (AvgIpc) is 2.20. The highest BCUT2D eigenvalue weighted by atomic mass is 16.5. The van der Waals surface area contributed by atoms with Gasteiger partial charge in [0.15, 0.2) is 0 Å². The molecule has 0 amide bonds. The quantitative estimate of drug-likeness (QED) is 0.538. The molecule has 0 saturated carbocycles. The predicted molar refractivity (Wildman–Crippen MR) is 64.3 cm³/mol. The highest BCUT2D eigenvalue weighted by molar-refractivity contribution is 4.48. The van der Waals surface area contributed by atoms with Crippen molar-refractivity contribution >= 4 is 0 Å². The van der Waals surface area contributed by atoms with E-state index in [1.807, 2.05) is 0 Å². The Hall–Kier alpha value is -0.120. The van der Waals surface area contributed by atoms with Crippen molar-refractivity contribution in [2.45, 2.75) is 46.1 Å². The van der Waals surface area contributed by atoms with Crippen LogP contribution in [0, 0.1) is 0 Å². The molecule has 1 N–H and O–H groups in total. The van der Waals surface area contributed by atoms with E-state index in [1.54, 1.807) is 0 Å². The van der Waals surface area contributed by atoms with Crippen LogP contribution in [-0.2, 0) is 9.47 Å². The fourth-order valence-corrected chi connectivity index (χ4v) is 1.19. The second kappa shape index (κ2) is 12.0. The zero-order valence-corrected chi connectivity index (χ0v) is 10.6. The molecule has 0 aliphatic carbocycles. The van der Waals surface area contributed by atoms with Gasteiger partial charge in [-0.05, 0) is 39.7 Å². The van der Waals surface area contributed by atoms with Crippen LogP contribution in [0.4, 0.5) is 0 Å². The molecule has 0 saturated heterocycles. The maximum atomic E-state index is 5.45. The molecule has 0 spiro atoms. The Labute approximate surface area is 94.5 Å². The fourth-order valence-electron chi connectivity index (χ4n) is 1.19. The minimum absolute atomic E-state index is 0.361. The first kappa shape index (κ1) is 14.9. The monoisotopic (exact) mass is 217 g/mol. The third kappa shape index (κ3) is 13.9. The summed E-state index contributed by atoms with van der Waals surface area (Å²) < 4.78 is 10.8. The molecule has 0 heterocycles. The lowest BCUT2D eigenvalue weighted by Gasteiger charge is -2.08. The lowest BCUT2D eigenvalue weighted by molar-refractivity contribution is 0.0759. The Balaban J connectivity index is 2.87. The van der Waals surface area contributed by atoms with Crippen LogP contribution < -0.4 is 5.32 Å². The van der Waals surface area contributed by atoms with Crippen molar-refractivity contribution < 1.29 is 9.47 Å². The van der Waals surface area contributed by atoms with Crippen molar-refractivity contribution in [3.63, 3.8) is 0 Å². The van der Waals surface area contributed by atoms with Crippen LogP contribution >= 0.6 is 0 Å². The molecule has 0 aromatic heterocycles. The molecule has 15 heavy (non-hydrogen) atoms. The summed E-state index contributed by atoms with van der Waals surface area (Å²) in [4.78, 5) is 0. The van der Waals surface area contributed by atoms with Crippen LogP contribution in [-0.4, -0.2) is 39.0 Å². The van der Waals surface area contributed by atoms with Crippen LogP contribution in [0.15, 0.2) is 0 Å². The minimum atomic E-state index is 0.361. The van der Waals surface area contributed by atoms with Crippen molar-refractivity contribution in [2.24, 2.45) is 0 Å². The molecule has 0 aliphatic rings. The first-order valence-corrected chi connectivity index (χ1v) is 6.17. The van der Waals surface area contributed by atoms with Gasteiger partial charge in [-0.25, -0.2) is 0 Å². The Morgan fingerprint density at radius 3 is 2.47 bits per heavy atom. The Kier molecular flexibility index (Phi) is 11.9. The van der Waals surface area contributed by atoms with E-state index in [4.69, 9.17) is 9.47 Å². The summed E-state index contributed by atoms with van der Waals surface area (Å²) in [5, 5.41) is 3.35. The summed E-state index contributed by atoms with van der Waals surface area (Å²) in [6, 6.07) is 0. The molecule has 0 aromatic rings. The number of rotatable bonds is 11. The maximum Gasteiger partial charge on any atom is 0.0590 e. The minimum Gasteiger partial charge on any atom is -0.380 e. The summed E-state index contributed by atoms with van der Waals surface area (Å²) in [5.41, 5.74) is 0. The number of nitrogens with one attached hydrogen (secondary N) is 1. The average molecular weight is 217 g/mol. The summed E-state index contributed by atoms with van der Waals surface area (Å²) in [6.45, 7) is 10.9. The summed E-state index contributed by atoms with van der Waals surface area (Å²) in [6.07, 6.45) is 3.79. The first-order chi connectivity index (χ1) is 7.27. The van der Waals surface area contributed by atoms with Crippen LogP contribution in [0.25, 0.3) is 0 Å². The van der Waals surface area contributed by atoms with Gasteiger partial charge in [-0.3, -0.25) is 0 Å². The largest absolute Gasteiger partial charge is 0.380 e. The summed E-state index contributed by atoms with van der Waals surface area (Å²) in [7, 11) is 0. The molecular weight excluding hydrogens is 190 g/mol. The van der Waals surface area contributed by atoms with E-state index in [0.717, 1.165) is 45.8 Å². The number of hydrogen-bond donors (Lipinski definition) is 1. The molecule has 0 bridgehead atoms. The molecule has 0 rings (SSSR count). The third-order valence-corrected chi connectivity index (χ3v) is 1.97. The summed E-state index contributed by atoms with van der Waals surface area (Å²) in [5.74, 6) is 0. The smallest absolute Gasteiger partial charge is 0.0590 e. The molecule has 0 fully saturated rings. The standard InChI is InChI=1S/C12H27NO2/c1-4-9-14-11-8-13-7-5-6-10-15-12(2)3/h12-13H,4-11H2,1-3H3. The van der Waals surface area contributed by atoms with Crippen molar-refractivity contribution in [1.82, 2.24) is 5.32 Å². The van der Waals surface area contributed by atoms with Gasteiger partial charge in [-0.1, -0.05) is 6.92 Å². The molecule has 3 nitrogen and oxygen atoms in total. The molecule has 3 heteroatoms. The van der Waals surface area contributed by atoms with E-state index >= 15 is 0 Å². The van der Waals surface area contributed by atoms with Crippen LogP contribution in [0.5, 0.6) is 0 Å². The topological polar surface area (TPSA) is 30.5 Å². The molecule has 0 aliphatic heterocycles. The highest BCUT2D eigenvalue weighted by Crippen LogP contribution is 1.93. The second-order valence-corrected chi connectivity index (χ2v) is 3.99. The van der Waals surface area contributed by atoms with Crippen LogP contribution in [0.1, 0.15) is 40.0 Å². The van der Waals surface area contributed by atoms with Crippen LogP contribution in [0.2, 0.25) is 0 Å². The number of ether oxygens (including phenoxy) is 2. The van der Waals surface area contributed by atoms with Gasteiger partial charge in [0.25, 0.3) is 0 Å². The van der Waals surface area contributed by atoms with E-state index in [9.17, 15) is 0 Å².